The van der Waals surface area contributed by atoms with Crippen LogP contribution >= 0.6 is 0 Å². The summed E-state index contributed by atoms with van der Waals surface area (Å²) in [6.45, 7) is 10.4. The van der Waals surface area contributed by atoms with Gasteiger partial charge in [0.2, 0.25) is 0 Å². The normalized spacial score (nSPS) is 43.6. The van der Waals surface area contributed by atoms with Crippen LogP contribution in [-0.2, 0) is 47.5 Å². The van der Waals surface area contributed by atoms with Crippen molar-refractivity contribution < 1.29 is 68.0 Å². The fourth-order valence-corrected chi connectivity index (χ4v) is 7.75. The summed E-state index contributed by atoms with van der Waals surface area (Å²) in [5.41, 5.74) is 0.656. The molecule has 0 spiro atoms. The first-order valence-corrected chi connectivity index (χ1v) is 19.0. The van der Waals surface area contributed by atoms with Crippen LogP contribution in [0.15, 0.2) is 23.8 Å². The molecule has 15 heteroatoms. The van der Waals surface area contributed by atoms with E-state index in [4.69, 9.17) is 33.2 Å². The van der Waals surface area contributed by atoms with Crippen molar-refractivity contribution in [3.05, 3.63) is 23.8 Å². The number of hydrogen-bond acceptors (Lipinski definition) is 15. The van der Waals surface area contributed by atoms with Gasteiger partial charge in [-0.2, -0.15) is 0 Å². The van der Waals surface area contributed by atoms with Crippen LogP contribution in [0.2, 0.25) is 0 Å². The number of methoxy groups -OCH3 is 2. The third kappa shape index (κ3) is 11.7. The molecule has 0 amide bonds. The number of hydrogen-bond donors (Lipinski definition) is 4. The van der Waals surface area contributed by atoms with Crippen LogP contribution in [0, 0.1) is 17.8 Å². The highest BCUT2D eigenvalue weighted by atomic mass is 16.7. The van der Waals surface area contributed by atoms with Gasteiger partial charge in [0.15, 0.2) is 12.1 Å². The van der Waals surface area contributed by atoms with Crippen molar-refractivity contribution in [2.75, 3.05) is 34.9 Å². The minimum Gasteiger partial charge on any atom is -0.459 e. The maximum Gasteiger partial charge on any atom is 0.308 e. The monoisotopic (exact) mass is 771 g/mol. The maximum atomic E-state index is 13.5. The molecule has 0 unspecified atom stereocenters. The Balaban J connectivity index is 1.96. The molecule has 54 heavy (non-hydrogen) atoms. The van der Waals surface area contributed by atoms with Gasteiger partial charge in [-0.15, -0.1) is 0 Å². The van der Waals surface area contributed by atoms with Crippen LogP contribution in [0.4, 0.5) is 0 Å². The van der Waals surface area contributed by atoms with Crippen LogP contribution < -0.4 is 0 Å². The first-order valence-electron chi connectivity index (χ1n) is 19.0. The van der Waals surface area contributed by atoms with E-state index in [1.165, 1.54) is 20.3 Å². The molecule has 4 N–H and O–H groups in total. The van der Waals surface area contributed by atoms with Gasteiger partial charge >= 0.3 is 5.97 Å². The lowest BCUT2D eigenvalue weighted by Gasteiger charge is -2.46. The molecular weight excluding hydrogens is 706 g/mol. The van der Waals surface area contributed by atoms with E-state index in [1.807, 2.05) is 6.92 Å². The average molecular weight is 772 g/mol. The number of allylic oxidation sites excluding steroid dienone is 3. The Morgan fingerprint density at radius 3 is 2.13 bits per heavy atom. The molecule has 15 nitrogen and oxygen atoms in total. The first-order chi connectivity index (χ1) is 25.5. The average Bonchev–Trinajstić information content (AvgIpc) is 3.12. The molecule has 3 rings (SSSR count). The number of rotatable bonds is 11. The Labute approximate surface area is 319 Å². The SMILES string of the molecule is CC[C@@H]1OC(=O)C[C@H](O)[C@H](C)[C@H](O[C@@H]2O[C@H](C)[C@H](O)[C@H](N(C)C)[C@@H]2O)[C@H](CC=O)C[C@H](C)C(=O)/C=C\C(C)=C/[C@@H]1OC[C@@H]1O[C@H](C)[C@H](O)[C@@H](OC)[C@H]1OC. The summed E-state index contributed by atoms with van der Waals surface area (Å²) < 4.78 is 41.9. The molecule has 3 heterocycles. The number of carbonyl (C=O) groups excluding carboxylic acids is 3. The lowest BCUT2D eigenvalue weighted by atomic mass is 9.79. The van der Waals surface area contributed by atoms with Gasteiger partial charge < -0.3 is 63.3 Å². The predicted octanol–water partition coefficient (Wildman–Crippen LogP) is 1.36. The Morgan fingerprint density at radius 2 is 1.54 bits per heavy atom. The van der Waals surface area contributed by atoms with Gasteiger partial charge in [-0.3, -0.25) is 9.59 Å². The van der Waals surface area contributed by atoms with Crippen molar-refractivity contribution in [1.29, 1.82) is 0 Å². The van der Waals surface area contributed by atoms with E-state index in [1.54, 1.807) is 65.8 Å². The molecule has 0 saturated carbocycles. The zero-order chi connectivity index (χ0) is 40.4. The lowest BCUT2D eigenvalue weighted by molar-refractivity contribution is -0.304. The zero-order valence-corrected chi connectivity index (χ0v) is 33.5. The molecule has 3 aliphatic rings. The van der Waals surface area contributed by atoms with E-state index >= 15 is 0 Å². The molecule has 0 bridgehead atoms. The molecule has 0 aromatic rings. The van der Waals surface area contributed by atoms with Crippen LogP contribution in [0.5, 0.6) is 0 Å². The van der Waals surface area contributed by atoms with E-state index in [0.717, 1.165) is 6.29 Å². The first kappa shape index (κ1) is 46.2. The van der Waals surface area contributed by atoms with Crippen LogP contribution in [0.3, 0.4) is 0 Å². The molecule has 17 atom stereocenters. The highest BCUT2D eigenvalue weighted by Crippen LogP contribution is 2.34. The molecule has 310 valence electrons. The van der Waals surface area contributed by atoms with Crippen LogP contribution in [0.1, 0.15) is 67.2 Å². The second-order valence-electron chi connectivity index (χ2n) is 15.3. The van der Waals surface area contributed by atoms with E-state index < -0.39 is 116 Å². The predicted molar refractivity (Wildman–Crippen MR) is 196 cm³/mol. The largest absolute Gasteiger partial charge is 0.459 e. The van der Waals surface area contributed by atoms with Gasteiger partial charge in [-0.25, -0.2) is 0 Å². The smallest absolute Gasteiger partial charge is 0.308 e. The fraction of sp³-hybridized carbons (Fsp3) is 0.821. The minimum absolute atomic E-state index is 0.00614. The number of esters is 1. The van der Waals surface area contributed by atoms with Gasteiger partial charge in [0, 0.05) is 32.5 Å². The van der Waals surface area contributed by atoms with E-state index in [2.05, 4.69) is 0 Å². The van der Waals surface area contributed by atoms with Crippen molar-refractivity contribution in [1.82, 2.24) is 4.90 Å². The number of cyclic esters (lactones) is 1. The second-order valence-corrected chi connectivity index (χ2v) is 15.3. The number of likely N-dealkylation sites (N-methyl/N-ethyl adjacent to an activating group) is 1. The maximum absolute atomic E-state index is 13.5. The quantitative estimate of drug-likeness (QED) is 0.173. The Hall–Kier alpha value is -2.15. The highest BCUT2D eigenvalue weighted by Gasteiger charge is 2.48. The summed E-state index contributed by atoms with van der Waals surface area (Å²) >= 11 is 0. The molecule has 0 aliphatic carbocycles. The standard InChI is InChI=1S/C39H65NO14/c1-11-28-29(50-19-30-37(48-9)38(49-10)34(46)24(6)51-30)16-20(2)12-13-26(42)21(3)17-25(14-15-41)36(22(4)27(43)18-31(44)53-28)54-39-35(47)32(40(7)8)33(45)23(5)52-39/h12-13,15-16,21-25,27-30,32-39,43,45-47H,11,14,17-19H2,1-10H3/b13-12-,20-16-/t21-,22-,23+,24+,25+,27-,28-,29-,30-,32-,33-,34-,35-,36-,37-,38+,39-/m0/s1. The molecule has 0 radical (unpaired) electrons. The van der Waals surface area contributed by atoms with E-state index in [0.29, 0.717) is 12.0 Å². The van der Waals surface area contributed by atoms with E-state index in [-0.39, 0.29) is 25.2 Å². The third-order valence-corrected chi connectivity index (χ3v) is 11.1. The van der Waals surface area contributed by atoms with Crippen LogP contribution in [0.25, 0.3) is 0 Å². The van der Waals surface area contributed by atoms with Crippen LogP contribution in [-0.4, -0.2) is 164 Å². The molecule has 0 aromatic heterocycles. The van der Waals surface area contributed by atoms with Gasteiger partial charge in [0.05, 0.1) is 49.6 Å². The fourth-order valence-electron chi connectivity index (χ4n) is 7.75. The van der Waals surface area contributed by atoms with Crippen molar-refractivity contribution in [3.63, 3.8) is 0 Å². The topological polar surface area (TPSA) is 200 Å². The van der Waals surface area contributed by atoms with Crippen molar-refractivity contribution >= 4 is 18.0 Å². The number of aldehydes is 1. The number of nitrogens with zero attached hydrogens (tertiary/aromatic N) is 1. The van der Waals surface area contributed by atoms with Crippen molar-refractivity contribution in [2.24, 2.45) is 17.8 Å². The second kappa shape index (κ2) is 21.4. The summed E-state index contributed by atoms with van der Waals surface area (Å²) in [6.07, 6.45) is -6.00. The number of aliphatic hydroxyl groups is 4. The van der Waals surface area contributed by atoms with Gasteiger partial charge in [-0.05, 0) is 65.8 Å². The molecular formula is C39H65NO14. The number of carbonyl (C=O) groups is 3. The molecule has 0 aromatic carbocycles. The summed E-state index contributed by atoms with van der Waals surface area (Å²) in [6, 6.07) is -0.741. The summed E-state index contributed by atoms with van der Waals surface area (Å²) in [5.74, 6) is -2.90. The minimum atomic E-state index is -1.32. The van der Waals surface area contributed by atoms with Crippen molar-refractivity contribution in [2.45, 2.75) is 153 Å². The van der Waals surface area contributed by atoms with Crippen molar-refractivity contribution in [3.8, 4) is 0 Å². The summed E-state index contributed by atoms with van der Waals surface area (Å²) in [4.78, 5) is 40.7. The Kier molecular flexibility index (Phi) is 18.3. The molecule has 2 saturated heterocycles. The van der Waals surface area contributed by atoms with Gasteiger partial charge in [0.25, 0.3) is 0 Å². The third-order valence-electron chi connectivity index (χ3n) is 11.1. The Morgan fingerprint density at radius 1 is 0.889 bits per heavy atom. The number of ketones is 1. The summed E-state index contributed by atoms with van der Waals surface area (Å²) in [7, 11) is 6.40. The molecule has 2 fully saturated rings. The van der Waals surface area contributed by atoms with Gasteiger partial charge in [0.1, 0.15) is 49.0 Å². The Bertz CT molecular complexity index is 1260. The number of ether oxygens (including phenoxy) is 7. The zero-order valence-electron chi connectivity index (χ0n) is 33.5. The van der Waals surface area contributed by atoms with Gasteiger partial charge in [-0.1, -0.05) is 32.4 Å². The van der Waals surface area contributed by atoms with E-state index in [9.17, 15) is 34.8 Å². The molecule has 3 aliphatic heterocycles. The highest BCUT2D eigenvalue weighted by molar-refractivity contribution is 5.91. The number of aliphatic hydroxyl groups excluding tert-OH is 4. The summed E-state index contributed by atoms with van der Waals surface area (Å²) in [5, 5.41) is 44.2. The lowest BCUT2D eigenvalue weighted by Crippen LogP contribution is -2.63.